The van der Waals surface area contributed by atoms with Crippen molar-refractivity contribution in [3.63, 3.8) is 0 Å². The summed E-state index contributed by atoms with van der Waals surface area (Å²) in [4.78, 5) is 2.32. The summed E-state index contributed by atoms with van der Waals surface area (Å²) in [5.74, 6) is 0.964. The molecule has 18 heavy (non-hydrogen) atoms. The standard InChI is InChI=1S/C15H14BrNO/c1-11-10-12(16)6-7-13(11)17-8-9-18-15-5-3-2-4-14(15)17/h2-7,10H,8-9H2,1H3. The van der Waals surface area contributed by atoms with Crippen LogP contribution < -0.4 is 9.64 Å². The SMILES string of the molecule is Cc1cc(Br)ccc1N1CCOc2ccccc21. The van der Waals surface area contributed by atoms with Crippen LogP contribution in [0.2, 0.25) is 0 Å². The van der Waals surface area contributed by atoms with Crippen LogP contribution in [0.1, 0.15) is 5.56 Å². The third kappa shape index (κ3) is 1.99. The predicted octanol–water partition coefficient (Wildman–Crippen LogP) is 4.29. The lowest BCUT2D eigenvalue weighted by atomic mass is 10.1. The number of para-hydroxylation sites is 2. The second kappa shape index (κ2) is 4.65. The van der Waals surface area contributed by atoms with E-state index in [1.807, 2.05) is 12.1 Å². The van der Waals surface area contributed by atoms with Crippen molar-refractivity contribution in [3.8, 4) is 5.75 Å². The maximum Gasteiger partial charge on any atom is 0.143 e. The smallest absolute Gasteiger partial charge is 0.143 e. The van der Waals surface area contributed by atoms with Crippen molar-refractivity contribution in [1.82, 2.24) is 0 Å². The minimum absolute atomic E-state index is 0.729. The number of ether oxygens (including phenoxy) is 1. The van der Waals surface area contributed by atoms with Crippen LogP contribution in [0.3, 0.4) is 0 Å². The van der Waals surface area contributed by atoms with E-state index < -0.39 is 0 Å². The van der Waals surface area contributed by atoms with Crippen LogP contribution in [0.15, 0.2) is 46.9 Å². The molecular weight excluding hydrogens is 290 g/mol. The number of nitrogens with zero attached hydrogens (tertiary/aromatic N) is 1. The van der Waals surface area contributed by atoms with Gasteiger partial charge in [0.05, 0.1) is 12.2 Å². The maximum atomic E-state index is 5.69. The molecule has 2 aromatic rings. The van der Waals surface area contributed by atoms with E-state index in [1.165, 1.54) is 11.3 Å². The molecule has 3 heteroatoms. The Hall–Kier alpha value is -1.48. The highest BCUT2D eigenvalue weighted by atomic mass is 79.9. The van der Waals surface area contributed by atoms with Crippen molar-refractivity contribution < 1.29 is 4.74 Å². The van der Waals surface area contributed by atoms with Crippen molar-refractivity contribution in [2.24, 2.45) is 0 Å². The van der Waals surface area contributed by atoms with Crippen LogP contribution in [0.4, 0.5) is 11.4 Å². The van der Waals surface area contributed by atoms with E-state index in [9.17, 15) is 0 Å². The average Bonchev–Trinajstić information content (AvgIpc) is 2.38. The van der Waals surface area contributed by atoms with Crippen LogP contribution in [-0.4, -0.2) is 13.2 Å². The van der Waals surface area contributed by atoms with Gasteiger partial charge in [0.2, 0.25) is 0 Å². The van der Waals surface area contributed by atoms with Crippen molar-refractivity contribution in [2.45, 2.75) is 6.92 Å². The van der Waals surface area contributed by atoms with Crippen molar-refractivity contribution in [2.75, 3.05) is 18.1 Å². The fraction of sp³-hybridized carbons (Fsp3) is 0.200. The number of hydrogen-bond acceptors (Lipinski definition) is 2. The number of rotatable bonds is 1. The van der Waals surface area contributed by atoms with Crippen LogP contribution >= 0.6 is 15.9 Å². The largest absolute Gasteiger partial charge is 0.490 e. The minimum atomic E-state index is 0.729. The summed E-state index contributed by atoms with van der Waals surface area (Å²) in [6.45, 7) is 3.75. The van der Waals surface area contributed by atoms with E-state index in [-0.39, 0.29) is 0 Å². The average molecular weight is 304 g/mol. The first-order chi connectivity index (χ1) is 8.75. The van der Waals surface area contributed by atoms with E-state index in [0.29, 0.717) is 0 Å². The van der Waals surface area contributed by atoms with Gasteiger partial charge in [-0.3, -0.25) is 0 Å². The van der Waals surface area contributed by atoms with Crippen molar-refractivity contribution in [1.29, 1.82) is 0 Å². The number of aryl methyl sites for hydroxylation is 1. The van der Waals surface area contributed by atoms with E-state index in [2.05, 4.69) is 58.1 Å². The Morgan fingerprint density at radius 1 is 1.11 bits per heavy atom. The topological polar surface area (TPSA) is 12.5 Å². The summed E-state index contributed by atoms with van der Waals surface area (Å²) in [7, 11) is 0. The van der Waals surface area contributed by atoms with Gasteiger partial charge in [-0.05, 0) is 42.8 Å². The fourth-order valence-corrected chi connectivity index (χ4v) is 2.82. The summed E-state index contributed by atoms with van der Waals surface area (Å²) in [5, 5.41) is 0. The summed E-state index contributed by atoms with van der Waals surface area (Å²) < 4.78 is 6.80. The number of benzene rings is 2. The normalized spacial score (nSPS) is 14.0. The molecule has 92 valence electrons. The van der Waals surface area contributed by atoms with Gasteiger partial charge in [-0.15, -0.1) is 0 Å². The third-order valence-corrected chi connectivity index (χ3v) is 3.67. The Kier molecular flexibility index (Phi) is 3.00. The first-order valence-electron chi connectivity index (χ1n) is 6.01. The van der Waals surface area contributed by atoms with Gasteiger partial charge < -0.3 is 9.64 Å². The second-order valence-electron chi connectivity index (χ2n) is 4.40. The number of halogens is 1. The van der Waals surface area contributed by atoms with Gasteiger partial charge in [-0.2, -0.15) is 0 Å². The molecule has 3 rings (SSSR count). The van der Waals surface area contributed by atoms with Crippen LogP contribution in [0.5, 0.6) is 5.75 Å². The molecule has 0 bridgehead atoms. The monoisotopic (exact) mass is 303 g/mol. The van der Waals surface area contributed by atoms with Crippen LogP contribution in [0.25, 0.3) is 0 Å². The van der Waals surface area contributed by atoms with Gasteiger partial charge in [0, 0.05) is 10.2 Å². The molecular formula is C15H14BrNO. The molecule has 0 aliphatic carbocycles. The van der Waals surface area contributed by atoms with Crippen molar-refractivity contribution >= 4 is 27.3 Å². The third-order valence-electron chi connectivity index (χ3n) is 3.18. The molecule has 0 fully saturated rings. The summed E-state index contributed by atoms with van der Waals surface area (Å²) >= 11 is 3.51. The predicted molar refractivity (Wildman–Crippen MR) is 77.8 cm³/mol. The van der Waals surface area contributed by atoms with Gasteiger partial charge in [0.25, 0.3) is 0 Å². The fourth-order valence-electron chi connectivity index (χ4n) is 2.34. The molecule has 1 aliphatic heterocycles. The Bertz CT molecular complexity index is 582. The minimum Gasteiger partial charge on any atom is -0.490 e. The Balaban J connectivity index is 2.08. The van der Waals surface area contributed by atoms with E-state index in [0.717, 1.165) is 29.1 Å². The van der Waals surface area contributed by atoms with Gasteiger partial charge in [-0.25, -0.2) is 0 Å². The maximum absolute atomic E-state index is 5.69. The lowest BCUT2D eigenvalue weighted by molar-refractivity contribution is 0.314. The Morgan fingerprint density at radius 3 is 2.78 bits per heavy atom. The highest BCUT2D eigenvalue weighted by Crippen LogP contribution is 2.37. The lowest BCUT2D eigenvalue weighted by Gasteiger charge is -2.32. The summed E-state index contributed by atoms with van der Waals surface area (Å²) in [5.41, 5.74) is 3.66. The molecule has 0 radical (unpaired) electrons. The van der Waals surface area contributed by atoms with Gasteiger partial charge >= 0.3 is 0 Å². The quantitative estimate of drug-likeness (QED) is 0.779. The van der Waals surface area contributed by atoms with E-state index >= 15 is 0 Å². The molecule has 0 N–H and O–H groups in total. The highest BCUT2D eigenvalue weighted by Gasteiger charge is 2.19. The van der Waals surface area contributed by atoms with Crippen molar-refractivity contribution in [3.05, 3.63) is 52.5 Å². The Labute approximate surface area is 115 Å². The van der Waals surface area contributed by atoms with Gasteiger partial charge in [-0.1, -0.05) is 28.1 Å². The molecule has 0 spiro atoms. The summed E-state index contributed by atoms with van der Waals surface area (Å²) in [6.07, 6.45) is 0. The van der Waals surface area contributed by atoms with E-state index in [1.54, 1.807) is 0 Å². The number of hydrogen-bond donors (Lipinski definition) is 0. The molecule has 0 unspecified atom stereocenters. The molecule has 2 aromatic carbocycles. The molecule has 2 nitrogen and oxygen atoms in total. The molecule has 0 atom stereocenters. The van der Waals surface area contributed by atoms with Gasteiger partial charge in [0.15, 0.2) is 0 Å². The first-order valence-corrected chi connectivity index (χ1v) is 6.80. The summed E-state index contributed by atoms with van der Waals surface area (Å²) in [6, 6.07) is 14.6. The molecule has 0 saturated carbocycles. The zero-order valence-electron chi connectivity index (χ0n) is 10.2. The zero-order valence-corrected chi connectivity index (χ0v) is 11.8. The van der Waals surface area contributed by atoms with Gasteiger partial charge in [0.1, 0.15) is 12.4 Å². The molecule has 0 aromatic heterocycles. The number of anilines is 2. The zero-order chi connectivity index (χ0) is 12.5. The molecule has 0 amide bonds. The highest BCUT2D eigenvalue weighted by molar-refractivity contribution is 9.10. The molecule has 1 aliphatic rings. The number of fused-ring (bicyclic) bond motifs is 1. The lowest BCUT2D eigenvalue weighted by Crippen LogP contribution is -2.28. The first kappa shape index (κ1) is 11.6. The van der Waals surface area contributed by atoms with Crippen LogP contribution in [0, 0.1) is 6.92 Å². The molecule has 1 heterocycles. The van der Waals surface area contributed by atoms with E-state index in [4.69, 9.17) is 4.74 Å². The second-order valence-corrected chi connectivity index (χ2v) is 5.31. The van der Waals surface area contributed by atoms with Crippen LogP contribution in [-0.2, 0) is 0 Å². The Morgan fingerprint density at radius 2 is 1.94 bits per heavy atom. The molecule has 0 saturated heterocycles.